The predicted molar refractivity (Wildman–Crippen MR) is 73.8 cm³/mol. The van der Waals surface area contributed by atoms with Crippen LogP contribution in [0, 0.1) is 13.8 Å². The van der Waals surface area contributed by atoms with Crippen LogP contribution < -0.4 is 4.90 Å². The number of aromatic nitrogens is 4. The zero-order valence-corrected chi connectivity index (χ0v) is 12.0. The van der Waals surface area contributed by atoms with Gasteiger partial charge in [-0.25, -0.2) is 4.79 Å². The van der Waals surface area contributed by atoms with Crippen molar-refractivity contribution in [2.75, 3.05) is 11.9 Å². The minimum Gasteiger partial charge on any atom is -0.478 e. The number of aromatic carboxylic acids is 1. The molecule has 7 nitrogen and oxygen atoms in total. The monoisotopic (exact) mass is 275 g/mol. The van der Waals surface area contributed by atoms with Gasteiger partial charge in [0.1, 0.15) is 5.56 Å². The van der Waals surface area contributed by atoms with E-state index in [1.807, 2.05) is 13.2 Å². The zero-order valence-electron chi connectivity index (χ0n) is 12.0. The highest BCUT2D eigenvalue weighted by Gasteiger charge is 2.20. The average molecular weight is 275 g/mol. The number of anilines is 1. The molecule has 0 aromatic carbocycles. The van der Waals surface area contributed by atoms with Crippen molar-refractivity contribution in [2.45, 2.75) is 20.4 Å². The number of aryl methyl sites for hydroxylation is 2. The molecule has 0 aliphatic rings. The Morgan fingerprint density at radius 3 is 2.65 bits per heavy atom. The maximum absolute atomic E-state index is 11.4. The summed E-state index contributed by atoms with van der Waals surface area (Å²) in [5, 5.41) is 21.5. The van der Waals surface area contributed by atoms with E-state index in [0.29, 0.717) is 23.6 Å². The van der Waals surface area contributed by atoms with Crippen molar-refractivity contribution in [3.8, 4) is 0 Å². The Morgan fingerprint density at radius 1 is 1.40 bits per heavy atom. The van der Waals surface area contributed by atoms with E-state index in [9.17, 15) is 9.90 Å². The number of carboxylic acid groups (broad SMARTS) is 1. The van der Waals surface area contributed by atoms with E-state index in [4.69, 9.17) is 0 Å². The third-order valence-corrected chi connectivity index (χ3v) is 3.19. The van der Waals surface area contributed by atoms with Crippen molar-refractivity contribution >= 4 is 11.8 Å². The second-order valence-electron chi connectivity index (χ2n) is 4.79. The molecule has 0 fully saturated rings. The lowest BCUT2D eigenvalue weighted by Crippen LogP contribution is -2.22. The lowest BCUT2D eigenvalue weighted by Gasteiger charge is -2.20. The van der Waals surface area contributed by atoms with Gasteiger partial charge in [-0.3, -0.25) is 4.68 Å². The average Bonchev–Trinajstić information content (AvgIpc) is 2.77. The molecule has 2 rings (SSSR count). The van der Waals surface area contributed by atoms with Gasteiger partial charge in [-0.15, -0.1) is 5.10 Å². The highest BCUT2D eigenvalue weighted by Crippen LogP contribution is 2.22. The molecule has 2 aromatic heterocycles. The smallest absolute Gasteiger partial charge is 0.339 e. The summed E-state index contributed by atoms with van der Waals surface area (Å²) in [5.74, 6) is -0.627. The number of carboxylic acids is 1. The largest absolute Gasteiger partial charge is 0.478 e. The molecule has 0 saturated carbocycles. The van der Waals surface area contributed by atoms with E-state index < -0.39 is 5.97 Å². The quantitative estimate of drug-likeness (QED) is 0.901. The Balaban J connectivity index is 2.36. The Bertz CT molecular complexity index is 650. The van der Waals surface area contributed by atoms with Crippen LogP contribution in [0.4, 0.5) is 5.82 Å². The normalized spacial score (nSPS) is 10.6. The molecule has 20 heavy (non-hydrogen) atoms. The summed E-state index contributed by atoms with van der Waals surface area (Å²) >= 11 is 0. The van der Waals surface area contributed by atoms with Crippen LogP contribution >= 0.6 is 0 Å². The first-order valence-electron chi connectivity index (χ1n) is 6.16. The number of hydrogen-bond acceptors (Lipinski definition) is 5. The van der Waals surface area contributed by atoms with Crippen molar-refractivity contribution in [3.05, 3.63) is 34.8 Å². The maximum Gasteiger partial charge on any atom is 0.339 e. The molecule has 0 amide bonds. The van der Waals surface area contributed by atoms with Crippen LogP contribution in [0.3, 0.4) is 0 Å². The molecule has 0 aliphatic heterocycles. The SMILES string of the molecule is Cc1nnc(N(C)Cc2cnn(C)c2)c(C(=O)O)c1C. The molecule has 0 saturated heterocycles. The van der Waals surface area contributed by atoms with Gasteiger partial charge in [0.15, 0.2) is 5.82 Å². The van der Waals surface area contributed by atoms with E-state index in [2.05, 4.69) is 15.3 Å². The van der Waals surface area contributed by atoms with E-state index in [-0.39, 0.29) is 5.56 Å². The molecule has 7 heteroatoms. The Labute approximate surface area is 116 Å². The lowest BCUT2D eigenvalue weighted by molar-refractivity contribution is 0.0696. The molecule has 0 unspecified atom stereocenters. The molecular formula is C13H17N5O2. The summed E-state index contributed by atoms with van der Waals surface area (Å²) in [6.45, 7) is 4.01. The summed E-state index contributed by atoms with van der Waals surface area (Å²) in [4.78, 5) is 13.2. The molecule has 0 aliphatic carbocycles. The summed E-state index contributed by atoms with van der Waals surface area (Å²) in [7, 11) is 3.63. The second-order valence-corrected chi connectivity index (χ2v) is 4.79. The molecule has 0 atom stereocenters. The molecule has 0 spiro atoms. The van der Waals surface area contributed by atoms with Crippen LogP contribution in [0.5, 0.6) is 0 Å². The zero-order chi connectivity index (χ0) is 14.9. The van der Waals surface area contributed by atoms with Crippen molar-refractivity contribution in [1.29, 1.82) is 0 Å². The van der Waals surface area contributed by atoms with Crippen molar-refractivity contribution in [1.82, 2.24) is 20.0 Å². The number of rotatable bonds is 4. The van der Waals surface area contributed by atoms with Crippen LogP contribution in [0.15, 0.2) is 12.4 Å². The topological polar surface area (TPSA) is 84.1 Å². The lowest BCUT2D eigenvalue weighted by atomic mass is 10.1. The van der Waals surface area contributed by atoms with E-state index in [1.165, 1.54) is 0 Å². The van der Waals surface area contributed by atoms with E-state index in [0.717, 1.165) is 5.56 Å². The van der Waals surface area contributed by atoms with Gasteiger partial charge < -0.3 is 10.0 Å². The minimum absolute atomic E-state index is 0.198. The van der Waals surface area contributed by atoms with Crippen molar-refractivity contribution < 1.29 is 9.90 Å². The maximum atomic E-state index is 11.4. The predicted octanol–water partition coefficient (Wildman–Crippen LogP) is 1.16. The van der Waals surface area contributed by atoms with Gasteiger partial charge in [0.25, 0.3) is 0 Å². The van der Waals surface area contributed by atoms with Crippen LogP contribution in [0.25, 0.3) is 0 Å². The van der Waals surface area contributed by atoms with Gasteiger partial charge in [0, 0.05) is 32.4 Å². The molecule has 0 radical (unpaired) electrons. The van der Waals surface area contributed by atoms with Gasteiger partial charge in [-0.2, -0.15) is 10.2 Å². The van der Waals surface area contributed by atoms with Gasteiger partial charge in [0.2, 0.25) is 0 Å². The highest BCUT2D eigenvalue weighted by atomic mass is 16.4. The Hall–Kier alpha value is -2.44. The van der Waals surface area contributed by atoms with Gasteiger partial charge >= 0.3 is 5.97 Å². The van der Waals surface area contributed by atoms with Crippen LogP contribution in [-0.4, -0.2) is 38.1 Å². The Morgan fingerprint density at radius 2 is 2.10 bits per heavy atom. The first-order chi connectivity index (χ1) is 9.40. The highest BCUT2D eigenvalue weighted by molar-refractivity contribution is 5.95. The molecule has 2 heterocycles. The van der Waals surface area contributed by atoms with E-state index >= 15 is 0 Å². The summed E-state index contributed by atoms with van der Waals surface area (Å²) in [6.07, 6.45) is 3.62. The molecule has 1 N–H and O–H groups in total. The fourth-order valence-corrected chi connectivity index (χ4v) is 2.02. The number of nitrogens with zero attached hydrogens (tertiary/aromatic N) is 5. The van der Waals surface area contributed by atoms with Crippen LogP contribution in [-0.2, 0) is 13.6 Å². The third kappa shape index (κ3) is 2.61. The van der Waals surface area contributed by atoms with Crippen molar-refractivity contribution in [3.63, 3.8) is 0 Å². The first kappa shape index (κ1) is 14.0. The summed E-state index contributed by atoms with van der Waals surface area (Å²) < 4.78 is 1.70. The van der Waals surface area contributed by atoms with Gasteiger partial charge in [-0.05, 0) is 19.4 Å². The Kier molecular flexibility index (Phi) is 3.69. The van der Waals surface area contributed by atoms with Gasteiger partial charge in [-0.1, -0.05) is 0 Å². The fourth-order valence-electron chi connectivity index (χ4n) is 2.02. The number of carbonyl (C=O) groups is 1. The number of hydrogen-bond donors (Lipinski definition) is 1. The van der Waals surface area contributed by atoms with Crippen LogP contribution in [0.2, 0.25) is 0 Å². The molecular weight excluding hydrogens is 258 g/mol. The fraction of sp³-hybridized carbons (Fsp3) is 0.385. The van der Waals surface area contributed by atoms with Gasteiger partial charge in [0.05, 0.1) is 11.9 Å². The molecule has 0 bridgehead atoms. The first-order valence-corrected chi connectivity index (χ1v) is 6.16. The second kappa shape index (κ2) is 5.28. The third-order valence-electron chi connectivity index (χ3n) is 3.19. The summed E-state index contributed by atoms with van der Waals surface area (Å²) in [6, 6.07) is 0. The molecule has 2 aromatic rings. The standard InChI is InChI=1S/C13H17N5O2/c1-8-9(2)15-16-12(11(8)13(19)20)17(3)6-10-5-14-18(4)7-10/h5,7H,6H2,1-4H3,(H,19,20). The molecule has 106 valence electrons. The summed E-state index contributed by atoms with van der Waals surface area (Å²) in [5.41, 5.74) is 2.44. The van der Waals surface area contributed by atoms with Crippen molar-refractivity contribution in [2.24, 2.45) is 7.05 Å². The van der Waals surface area contributed by atoms with Crippen LogP contribution in [0.1, 0.15) is 27.2 Å². The minimum atomic E-state index is -0.992. The van der Waals surface area contributed by atoms with E-state index in [1.54, 1.807) is 36.7 Å².